The van der Waals surface area contributed by atoms with Crippen LogP contribution in [0.1, 0.15) is 25.5 Å². The number of rotatable bonds is 9. The minimum absolute atomic E-state index is 0.0842. The highest BCUT2D eigenvalue weighted by atomic mass is 32.2. The number of piperidine rings is 1. The van der Waals surface area contributed by atoms with Crippen molar-refractivity contribution < 1.29 is 17.9 Å². The Hall–Kier alpha value is -2.66. The zero-order valence-electron chi connectivity index (χ0n) is 18.3. The minimum Gasteiger partial charge on any atom is -0.489 e. The molecule has 3 heterocycles. The molecule has 1 aliphatic heterocycles. The Morgan fingerprint density at radius 3 is 2.65 bits per heavy atom. The van der Waals surface area contributed by atoms with E-state index in [1.54, 1.807) is 20.1 Å². The first-order valence-electron chi connectivity index (χ1n) is 10.2. The van der Waals surface area contributed by atoms with E-state index in [1.807, 2.05) is 13.0 Å². The summed E-state index contributed by atoms with van der Waals surface area (Å²) in [6, 6.07) is 3.63. The van der Waals surface area contributed by atoms with Gasteiger partial charge in [0.25, 0.3) is 5.88 Å². The van der Waals surface area contributed by atoms with Crippen molar-refractivity contribution in [1.82, 2.24) is 20.3 Å². The normalized spacial score (nSPS) is 15.9. The summed E-state index contributed by atoms with van der Waals surface area (Å²) in [5, 5.41) is 9.10. The van der Waals surface area contributed by atoms with E-state index in [4.69, 9.17) is 9.47 Å². The zero-order chi connectivity index (χ0) is 22.4. The second-order valence-electron chi connectivity index (χ2n) is 7.60. The number of nitrogens with one attached hydrogen (secondary N) is 3. The molecule has 1 atom stereocenters. The molecule has 2 aromatic heterocycles. The second kappa shape index (κ2) is 10.1. The van der Waals surface area contributed by atoms with Crippen molar-refractivity contribution in [2.75, 3.05) is 43.6 Å². The summed E-state index contributed by atoms with van der Waals surface area (Å²) in [6.07, 6.45) is 4.56. The molecule has 0 spiro atoms. The van der Waals surface area contributed by atoms with Gasteiger partial charge in [-0.05, 0) is 51.9 Å². The van der Waals surface area contributed by atoms with Crippen LogP contribution in [0.25, 0.3) is 0 Å². The van der Waals surface area contributed by atoms with E-state index in [9.17, 15) is 8.42 Å². The molecular formula is C20H30N6O4S. The van der Waals surface area contributed by atoms with Gasteiger partial charge in [-0.25, -0.2) is 18.4 Å². The van der Waals surface area contributed by atoms with Crippen molar-refractivity contribution in [2.45, 2.75) is 38.0 Å². The van der Waals surface area contributed by atoms with E-state index in [1.165, 1.54) is 12.6 Å². The Labute approximate surface area is 183 Å². The summed E-state index contributed by atoms with van der Waals surface area (Å²) >= 11 is 0. The summed E-state index contributed by atoms with van der Waals surface area (Å²) in [7, 11) is -1.54. The molecule has 10 nitrogen and oxygen atoms in total. The van der Waals surface area contributed by atoms with Crippen LogP contribution in [0.4, 0.5) is 17.3 Å². The average molecular weight is 451 g/mol. The summed E-state index contributed by atoms with van der Waals surface area (Å²) in [6.45, 7) is 5.63. The maximum absolute atomic E-state index is 11.6. The van der Waals surface area contributed by atoms with Gasteiger partial charge >= 0.3 is 0 Å². The maximum atomic E-state index is 11.6. The van der Waals surface area contributed by atoms with Gasteiger partial charge in [-0.2, -0.15) is 4.98 Å². The Morgan fingerprint density at radius 2 is 2.00 bits per heavy atom. The predicted octanol–water partition coefficient (Wildman–Crippen LogP) is 1.91. The van der Waals surface area contributed by atoms with Crippen LogP contribution in [-0.4, -0.2) is 67.7 Å². The molecule has 1 fully saturated rings. The molecule has 0 radical (unpaired) electrons. The third kappa shape index (κ3) is 6.17. The minimum atomic E-state index is -3.10. The van der Waals surface area contributed by atoms with E-state index < -0.39 is 15.1 Å². The summed E-state index contributed by atoms with van der Waals surface area (Å²) in [4.78, 5) is 13.1. The topological polar surface area (TPSA) is 127 Å². The molecule has 0 aromatic carbocycles. The van der Waals surface area contributed by atoms with Crippen LogP contribution in [0.5, 0.6) is 11.6 Å². The van der Waals surface area contributed by atoms with E-state index in [-0.39, 0.29) is 12.6 Å². The number of pyridine rings is 1. The lowest BCUT2D eigenvalue weighted by molar-refractivity contribution is 0.149. The molecular weight excluding hydrogens is 420 g/mol. The van der Waals surface area contributed by atoms with Gasteiger partial charge in [-0.3, -0.25) is 0 Å². The third-order valence-electron chi connectivity index (χ3n) is 5.18. The second-order valence-corrected chi connectivity index (χ2v) is 10.1. The molecule has 2 aromatic rings. The predicted molar refractivity (Wildman–Crippen MR) is 120 cm³/mol. The molecule has 0 saturated carbocycles. The van der Waals surface area contributed by atoms with Crippen molar-refractivity contribution in [3.8, 4) is 11.6 Å². The van der Waals surface area contributed by atoms with Crippen LogP contribution < -0.4 is 25.4 Å². The fourth-order valence-corrected chi connectivity index (χ4v) is 3.49. The van der Waals surface area contributed by atoms with Gasteiger partial charge in [-0.1, -0.05) is 0 Å². The number of aryl methyl sites for hydroxylation is 1. The highest BCUT2D eigenvalue weighted by molar-refractivity contribution is 7.91. The highest BCUT2D eigenvalue weighted by Crippen LogP contribution is 2.34. The SMILES string of the molecule is COc1c(Nc2ccc(NCC(C)S(C)(=O)=O)nc2C)ncnc1OC1CCNCC1. The van der Waals surface area contributed by atoms with Crippen molar-refractivity contribution in [3.05, 3.63) is 24.2 Å². The van der Waals surface area contributed by atoms with Crippen molar-refractivity contribution in [1.29, 1.82) is 0 Å². The lowest BCUT2D eigenvalue weighted by atomic mass is 10.1. The molecule has 0 bridgehead atoms. The fraction of sp³-hybridized carbons (Fsp3) is 0.550. The van der Waals surface area contributed by atoms with Crippen molar-refractivity contribution >= 4 is 27.2 Å². The molecule has 11 heteroatoms. The van der Waals surface area contributed by atoms with Gasteiger partial charge in [0.15, 0.2) is 15.7 Å². The van der Waals surface area contributed by atoms with E-state index in [0.717, 1.165) is 37.3 Å². The number of ether oxygens (including phenoxy) is 2. The number of methoxy groups -OCH3 is 1. The quantitative estimate of drug-likeness (QED) is 0.521. The lowest BCUT2D eigenvalue weighted by Gasteiger charge is -2.24. The number of hydrogen-bond acceptors (Lipinski definition) is 10. The van der Waals surface area contributed by atoms with Crippen molar-refractivity contribution in [2.24, 2.45) is 0 Å². The Morgan fingerprint density at radius 1 is 1.26 bits per heavy atom. The van der Waals surface area contributed by atoms with Gasteiger partial charge < -0.3 is 25.4 Å². The summed E-state index contributed by atoms with van der Waals surface area (Å²) < 4.78 is 34.8. The molecule has 3 N–H and O–H groups in total. The standard InChI is InChI=1S/C20H30N6O4S/c1-13(31(4,27)28)11-22-17-6-5-16(14(2)25-17)26-19-18(29-3)20(24-12-23-19)30-15-7-9-21-10-8-15/h5-6,12-13,15,21H,7-11H2,1-4H3,(H,22,25)(H,23,24,26). The smallest absolute Gasteiger partial charge is 0.262 e. The van der Waals surface area contributed by atoms with Gasteiger partial charge in [0, 0.05) is 12.8 Å². The number of hydrogen-bond donors (Lipinski definition) is 3. The Balaban J connectivity index is 1.72. The van der Waals surface area contributed by atoms with E-state index in [2.05, 4.69) is 30.9 Å². The monoisotopic (exact) mass is 450 g/mol. The van der Waals surface area contributed by atoms with Crippen LogP contribution in [0.15, 0.2) is 18.5 Å². The fourth-order valence-electron chi connectivity index (χ4n) is 3.10. The van der Waals surface area contributed by atoms with E-state index in [0.29, 0.717) is 23.3 Å². The highest BCUT2D eigenvalue weighted by Gasteiger charge is 2.21. The number of aromatic nitrogens is 3. The van der Waals surface area contributed by atoms with Crippen LogP contribution in [0, 0.1) is 6.92 Å². The Bertz CT molecular complexity index is 995. The van der Waals surface area contributed by atoms with Gasteiger partial charge in [0.2, 0.25) is 5.75 Å². The van der Waals surface area contributed by atoms with Crippen molar-refractivity contribution in [3.63, 3.8) is 0 Å². The average Bonchev–Trinajstić information content (AvgIpc) is 2.74. The van der Waals surface area contributed by atoms with Gasteiger partial charge in [0.1, 0.15) is 18.2 Å². The van der Waals surface area contributed by atoms with Crippen LogP contribution in [0.2, 0.25) is 0 Å². The lowest BCUT2D eigenvalue weighted by Crippen LogP contribution is -2.34. The zero-order valence-corrected chi connectivity index (χ0v) is 19.1. The molecule has 1 aliphatic rings. The number of nitrogens with zero attached hydrogens (tertiary/aromatic N) is 3. The van der Waals surface area contributed by atoms with Crippen LogP contribution >= 0.6 is 0 Å². The largest absolute Gasteiger partial charge is 0.489 e. The molecule has 0 amide bonds. The van der Waals surface area contributed by atoms with Gasteiger partial charge in [0.05, 0.1) is 23.7 Å². The molecule has 1 unspecified atom stereocenters. The first-order valence-corrected chi connectivity index (χ1v) is 12.2. The Kier molecular flexibility index (Phi) is 7.50. The first kappa shape index (κ1) is 23.0. The molecule has 170 valence electrons. The van der Waals surface area contributed by atoms with E-state index >= 15 is 0 Å². The maximum Gasteiger partial charge on any atom is 0.262 e. The third-order valence-corrected chi connectivity index (χ3v) is 6.81. The molecule has 3 rings (SSSR count). The summed E-state index contributed by atoms with van der Waals surface area (Å²) in [5.74, 6) is 1.93. The summed E-state index contributed by atoms with van der Waals surface area (Å²) in [5.41, 5.74) is 1.46. The molecule has 31 heavy (non-hydrogen) atoms. The number of anilines is 3. The number of sulfone groups is 1. The van der Waals surface area contributed by atoms with Gasteiger partial charge in [-0.15, -0.1) is 0 Å². The van der Waals surface area contributed by atoms with Crippen LogP contribution in [0.3, 0.4) is 0 Å². The molecule has 1 saturated heterocycles. The van der Waals surface area contributed by atoms with Crippen LogP contribution in [-0.2, 0) is 9.84 Å². The molecule has 0 aliphatic carbocycles. The first-order chi connectivity index (χ1) is 14.8.